The Morgan fingerprint density at radius 2 is 1.92 bits per heavy atom. The van der Waals surface area contributed by atoms with Crippen LogP contribution in [0.25, 0.3) is 0 Å². The Labute approximate surface area is 81.3 Å². The number of aliphatic imine (C=N–C) groups is 1. The molecule has 0 saturated carbocycles. The molecule has 0 saturated heterocycles. The van der Waals surface area contributed by atoms with E-state index in [1.165, 1.54) is 32.1 Å². The molecule has 0 radical (unpaired) electrons. The van der Waals surface area contributed by atoms with Crippen molar-refractivity contribution in [2.24, 2.45) is 4.99 Å². The van der Waals surface area contributed by atoms with E-state index in [0.29, 0.717) is 6.04 Å². The average Bonchev–Trinajstić information content (AvgIpc) is 2.05. The third kappa shape index (κ3) is 7.90. The van der Waals surface area contributed by atoms with Gasteiger partial charge in [-0.15, -0.1) is 0 Å². The van der Waals surface area contributed by atoms with Crippen LogP contribution < -0.4 is 0 Å². The Bertz CT molecular complexity index is 139. The van der Waals surface area contributed by atoms with Gasteiger partial charge in [0.25, 0.3) is 0 Å². The Morgan fingerprint density at radius 1 is 1.25 bits per heavy atom. The SMILES string of the molecule is CCCCCCCC(C)N=C=S. The molecule has 70 valence electrons. The van der Waals surface area contributed by atoms with Gasteiger partial charge in [-0.05, 0) is 25.6 Å². The highest BCUT2D eigenvalue weighted by atomic mass is 32.1. The summed E-state index contributed by atoms with van der Waals surface area (Å²) in [5.41, 5.74) is 0. The second-order valence-electron chi connectivity index (χ2n) is 3.27. The van der Waals surface area contributed by atoms with Crippen molar-refractivity contribution < 1.29 is 0 Å². The molecule has 0 aromatic rings. The number of isothiocyanates is 1. The molecule has 0 aliphatic rings. The maximum atomic E-state index is 4.53. The van der Waals surface area contributed by atoms with Crippen LogP contribution in [0.2, 0.25) is 0 Å². The van der Waals surface area contributed by atoms with Gasteiger partial charge in [0.2, 0.25) is 0 Å². The number of hydrogen-bond donors (Lipinski definition) is 0. The van der Waals surface area contributed by atoms with E-state index in [2.05, 4.69) is 36.2 Å². The zero-order chi connectivity index (χ0) is 9.23. The minimum atomic E-state index is 0.379. The van der Waals surface area contributed by atoms with Gasteiger partial charge in [-0.25, -0.2) is 4.99 Å². The first-order chi connectivity index (χ1) is 5.81. The van der Waals surface area contributed by atoms with E-state index in [1.54, 1.807) is 0 Å². The number of thiocarbonyl (C=S) groups is 1. The normalized spacial score (nSPS) is 12.2. The predicted molar refractivity (Wildman–Crippen MR) is 57.9 cm³/mol. The zero-order valence-corrected chi connectivity index (χ0v) is 8.99. The molecule has 2 heteroatoms. The standard InChI is InChI=1S/C10H19NS/c1-3-4-5-6-7-8-10(2)11-9-12/h10H,3-8H2,1-2H3. The lowest BCUT2D eigenvalue weighted by Crippen LogP contribution is -1.96. The van der Waals surface area contributed by atoms with Crippen molar-refractivity contribution in [3.63, 3.8) is 0 Å². The van der Waals surface area contributed by atoms with Crippen LogP contribution in [-0.2, 0) is 0 Å². The molecule has 1 atom stereocenters. The van der Waals surface area contributed by atoms with E-state index in [9.17, 15) is 0 Å². The van der Waals surface area contributed by atoms with Crippen LogP contribution in [0.4, 0.5) is 0 Å². The van der Waals surface area contributed by atoms with Crippen LogP contribution >= 0.6 is 12.2 Å². The first kappa shape index (κ1) is 11.8. The van der Waals surface area contributed by atoms with Gasteiger partial charge in [-0.2, -0.15) is 0 Å². The van der Waals surface area contributed by atoms with Crippen LogP contribution in [0.5, 0.6) is 0 Å². The van der Waals surface area contributed by atoms with Gasteiger partial charge in [-0.1, -0.05) is 39.0 Å². The predicted octanol–water partition coefficient (Wildman–Crippen LogP) is 3.84. The van der Waals surface area contributed by atoms with Gasteiger partial charge in [0.1, 0.15) is 0 Å². The highest BCUT2D eigenvalue weighted by Crippen LogP contribution is 2.08. The molecule has 1 nitrogen and oxygen atoms in total. The summed E-state index contributed by atoms with van der Waals surface area (Å²) in [7, 11) is 0. The van der Waals surface area contributed by atoms with Crippen LogP contribution in [0, 0.1) is 0 Å². The second kappa shape index (κ2) is 8.89. The molecule has 0 N–H and O–H groups in total. The Balaban J connectivity index is 3.13. The summed E-state index contributed by atoms with van der Waals surface area (Å²) in [6, 6.07) is 0.379. The van der Waals surface area contributed by atoms with Crippen molar-refractivity contribution in [3.8, 4) is 0 Å². The van der Waals surface area contributed by atoms with Crippen LogP contribution in [-0.4, -0.2) is 11.2 Å². The topological polar surface area (TPSA) is 12.4 Å². The van der Waals surface area contributed by atoms with Gasteiger partial charge < -0.3 is 0 Å². The molecule has 0 heterocycles. The fraction of sp³-hybridized carbons (Fsp3) is 0.900. The van der Waals surface area contributed by atoms with Crippen molar-refractivity contribution in [2.45, 2.75) is 58.4 Å². The maximum Gasteiger partial charge on any atom is 0.0587 e. The molecule has 0 rings (SSSR count). The fourth-order valence-electron chi connectivity index (χ4n) is 1.20. The van der Waals surface area contributed by atoms with E-state index < -0.39 is 0 Å². The molecule has 0 aliphatic carbocycles. The molecule has 0 aromatic carbocycles. The fourth-order valence-corrected chi connectivity index (χ4v) is 1.38. The molecule has 0 bridgehead atoms. The number of hydrogen-bond acceptors (Lipinski definition) is 2. The largest absolute Gasteiger partial charge is 0.229 e. The van der Waals surface area contributed by atoms with E-state index >= 15 is 0 Å². The number of rotatable bonds is 7. The third-order valence-corrected chi connectivity index (χ3v) is 2.10. The zero-order valence-electron chi connectivity index (χ0n) is 8.18. The molecule has 12 heavy (non-hydrogen) atoms. The van der Waals surface area contributed by atoms with E-state index in [0.717, 1.165) is 6.42 Å². The van der Waals surface area contributed by atoms with E-state index in [1.807, 2.05) is 0 Å². The third-order valence-electron chi connectivity index (χ3n) is 2.00. The van der Waals surface area contributed by atoms with Crippen LogP contribution in [0.1, 0.15) is 52.4 Å². The molecule has 1 unspecified atom stereocenters. The molecule has 0 fully saturated rings. The first-order valence-electron chi connectivity index (χ1n) is 4.88. The summed E-state index contributed by atoms with van der Waals surface area (Å²) in [5, 5.41) is 2.43. The Morgan fingerprint density at radius 3 is 2.50 bits per heavy atom. The number of nitrogens with zero attached hydrogens (tertiary/aromatic N) is 1. The molecule has 0 spiro atoms. The average molecular weight is 185 g/mol. The Kier molecular flexibility index (Phi) is 8.74. The van der Waals surface area contributed by atoms with Crippen molar-refractivity contribution in [1.29, 1.82) is 0 Å². The van der Waals surface area contributed by atoms with Crippen molar-refractivity contribution in [1.82, 2.24) is 0 Å². The summed E-state index contributed by atoms with van der Waals surface area (Å²) in [4.78, 5) is 4.01. The van der Waals surface area contributed by atoms with Gasteiger partial charge >= 0.3 is 0 Å². The highest BCUT2D eigenvalue weighted by Gasteiger charge is 1.96. The smallest absolute Gasteiger partial charge is 0.0587 e. The summed E-state index contributed by atoms with van der Waals surface area (Å²) in [6.07, 6.45) is 7.82. The van der Waals surface area contributed by atoms with Gasteiger partial charge in [-0.3, -0.25) is 0 Å². The Hall–Kier alpha value is -0.200. The monoisotopic (exact) mass is 185 g/mol. The first-order valence-corrected chi connectivity index (χ1v) is 5.29. The van der Waals surface area contributed by atoms with Gasteiger partial charge in [0.05, 0.1) is 11.2 Å². The summed E-state index contributed by atoms with van der Waals surface area (Å²) < 4.78 is 0. The molecular formula is C10H19NS. The van der Waals surface area contributed by atoms with E-state index in [-0.39, 0.29) is 0 Å². The quantitative estimate of drug-likeness (QED) is 0.333. The van der Waals surface area contributed by atoms with Crippen molar-refractivity contribution in [3.05, 3.63) is 0 Å². The van der Waals surface area contributed by atoms with Crippen molar-refractivity contribution >= 4 is 17.4 Å². The minimum absolute atomic E-state index is 0.379. The van der Waals surface area contributed by atoms with Gasteiger partial charge in [0.15, 0.2) is 0 Å². The lowest BCUT2D eigenvalue weighted by Gasteiger charge is -2.02. The van der Waals surface area contributed by atoms with Crippen molar-refractivity contribution in [2.75, 3.05) is 0 Å². The summed E-state index contributed by atoms with van der Waals surface area (Å²) >= 11 is 4.53. The van der Waals surface area contributed by atoms with Crippen LogP contribution in [0.3, 0.4) is 0 Å². The molecule has 0 aromatic heterocycles. The lowest BCUT2D eigenvalue weighted by molar-refractivity contribution is 0.566. The summed E-state index contributed by atoms with van der Waals surface area (Å²) in [6.45, 7) is 4.33. The van der Waals surface area contributed by atoms with E-state index in [4.69, 9.17) is 0 Å². The molecule has 0 aliphatic heterocycles. The molecule has 0 amide bonds. The summed E-state index contributed by atoms with van der Waals surface area (Å²) in [5.74, 6) is 0. The number of unbranched alkanes of at least 4 members (excludes halogenated alkanes) is 4. The highest BCUT2D eigenvalue weighted by molar-refractivity contribution is 7.78. The van der Waals surface area contributed by atoms with Gasteiger partial charge in [0, 0.05) is 0 Å². The minimum Gasteiger partial charge on any atom is -0.229 e. The lowest BCUT2D eigenvalue weighted by atomic mass is 10.1. The molecular weight excluding hydrogens is 166 g/mol. The van der Waals surface area contributed by atoms with Crippen LogP contribution in [0.15, 0.2) is 4.99 Å². The second-order valence-corrected chi connectivity index (χ2v) is 3.45. The maximum absolute atomic E-state index is 4.53.